The molecule has 0 aromatic heterocycles. The highest BCUT2D eigenvalue weighted by molar-refractivity contribution is 4.98. The molecule has 11 heteroatoms. The lowest BCUT2D eigenvalue weighted by Gasteiger charge is -2.43. The standard InChI is InChI=1S/C12H22O11/c13-1-4-6(16)8(18)9(19)11(21-4)23-12(3-15)10(20)7(17)5(2-14)22-12/h4-11,13-20H,1-3H2/t4?,5-,6+,7?,8?,9?,10?,11-,12+/m1/s1. The van der Waals surface area contributed by atoms with Crippen LogP contribution in [-0.2, 0) is 14.2 Å². The van der Waals surface area contributed by atoms with Crippen LogP contribution in [0.2, 0.25) is 0 Å². The van der Waals surface area contributed by atoms with Gasteiger partial charge >= 0.3 is 0 Å². The van der Waals surface area contributed by atoms with Crippen LogP contribution < -0.4 is 0 Å². The highest BCUT2D eigenvalue weighted by Crippen LogP contribution is 2.35. The second-order valence-corrected chi connectivity index (χ2v) is 5.56. The predicted octanol–water partition coefficient (Wildman–Crippen LogP) is -5.40. The van der Waals surface area contributed by atoms with Crippen LogP contribution in [-0.4, -0.2) is 115 Å². The zero-order valence-electron chi connectivity index (χ0n) is 12.0. The lowest BCUT2D eigenvalue weighted by molar-refractivity contribution is -0.383. The Balaban J connectivity index is 2.18. The number of ether oxygens (including phenoxy) is 3. The van der Waals surface area contributed by atoms with Gasteiger partial charge in [-0.2, -0.15) is 0 Å². The second-order valence-electron chi connectivity index (χ2n) is 5.56. The Kier molecular flexibility index (Phi) is 5.92. The smallest absolute Gasteiger partial charge is 0.224 e. The Morgan fingerprint density at radius 2 is 1.39 bits per heavy atom. The molecule has 0 amide bonds. The zero-order chi connectivity index (χ0) is 17.4. The van der Waals surface area contributed by atoms with E-state index < -0.39 is 74.6 Å². The van der Waals surface area contributed by atoms with E-state index in [1.807, 2.05) is 0 Å². The summed E-state index contributed by atoms with van der Waals surface area (Å²) >= 11 is 0. The van der Waals surface area contributed by atoms with Gasteiger partial charge in [-0.3, -0.25) is 0 Å². The Labute approximate surface area is 130 Å². The molecule has 136 valence electrons. The molecule has 9 atom stereocenters. The fraction of sp³-hybridized carbons (Fsp3) is 1.00. The topological polar surface area (TPSA) is 190 Å². The molecular weight excluding hydrogens is 320 g/mol. The van der Waals surface area contributed by atoms with E-state index in [2.05, 4.69) is 0 Å². The van der Waals surface area contributed by atoms with Crippen LogP contribution >= 0.6 is 0 Å². The normalized spacial score (nSPS) is 51.1. The molecule has 0 saturated carbocycles. The van der Waals surface area contributed by atoms with E-state index in [0.717, 1.165) is 0 Å². The van der Waals surface area contributed by atoms with Crippen molar-refractivity contribution >= 4 is 0 Å². The van der Waals surface area contributed by atoms with E-state index in [1.165, 1.54) is 0 Å². The third-order valence-corrected chi connectivity index (χ3v) is 4.07. The van der Waals surface area contributed by atoms with Crippen LogP contribution in [0, 0.1) is 0 Å². The molecule has 2 aliphatic rings. The Bertz CT molecular complexity index is 393. The first kappa shape index (κ1) is 18.9. The molecule has 2 heterocycles. The van der Waals surface area contributed by atoms with Gasteiger partial charge in [-0.05, 0) is 0 Å². The Hall–Kier alpha value is -0.440. The molecule has 0 aliphatic carbocycles. The van der Waals surface area contributed by atoms with Crippen molar-refractivity contribution in [1.82, 2.24) is 0 Å². The van der Waals surface area contributed by atoms with Crippen molar-refractivity contribution in [2.75, 3.05) is 19.8 Å². The van der Waals surface area contributed by atoms with Gasteiger partial charge in [0.1, 0.15) is 49.3 Å². The summed E-state index contributed by atoms with van der Waals surface area (Å²) in [5.41, 5.74) is 0. The average Bonchev–Trinajstić information content (AvgIpc) is 2.80. The van der Waals surface area contributed by atoms with Gasteiger partial charge in [0.05, 0.1) is 13.2 Å². The molecule has 2 aliphatic heterocycles. The number of hydrogen-bond donors (Lipinski definition) is 8. The van der Waals surface area contributed by atoms with Gasteiger partial charge in [0.25, 0.3) is 0 Å². The molecule has 0 spiro atoms. The molecule has 5 unspecified atom stereocenters. The third kappa shape index (κ3) is 3.23. The maximum atomic E-state index is 10.00. The molecule has 2 saturated heterocycles. The number of rotatable bonds is 5. The van der Waals surface area contributed by atoms with E-state index in [1.54, 1.807) is 0 Å². The van der Waals surface area contributed by atoms with Gasteiger partial charge in [-0.25, -0.2) is 0 Å². The molecule has 8 N–H and O–H groups in total. The van der Waals surface area contributed by atoms with Crippen LogP contribution in [0.1, 0.15) is 0 Å². The van der Waals surface area contributed by atoms with Gasteiger partial charge in [0.2, 0.25) is 5.79 Å². The lowest BCUT2D eigenvalue weighted by atomic mass is 9.99. The minimum Gasteiger partial charge on any atom is -0.394 e. The minimum absolute atomic E-state index is 0.669. The molecule has 0 bridgehead atoms. The van der Waals surface area contributed by atoms with Crippen molar-refractivity contribution in [3.63, 3.8) is 0 Å². The van der Waals surface area contributed by atoms with Crippen molar-refractivity contribution < 1.29 is 55.1 Å². The van der Waals surface area contributed by atoms with Gasteiger partial charge in [-0.15, -0.1) is 0 Å². The summed E-state index contributed by atoms with van der Waals surface area (Å²) in [6, 6.07) is 0. The first-order valence-electron chi connectivity index (χ1n) is 7.05. The quantitative estimate of drug-likeness (QED) is 0.238. The number of aliphatic hydroxyl groups is 8. The Morgan fingerprint density at radius 1 is 0.783 bits per heavy atom. The van der Waals surface area contributed by atoms with Gasteiger partial charge in [0, 0.05) is 0 Å². The highest BCUT2D eigenvalue weighted by atomic mass is 16.8. The average molecular weight is 342 g/mol. The third-order valence-electron chi connectivity index (χ3n) is 4.07. The number of aliphatic hydroxyl groups excluding tert-OH is 8. The van der Waals surface area contributed by atoms with Crippen LogP contribution in [0.15, 0.2) is 0 Å². The van der Waals surface area contributed by atoms with Crippen molar-refractivity contribution in [2.45, 2.75) is 54.8 Å². The van der Waals surface area contributed by atoms with E-state index in [-0.39, 0.29) is 0 Å². The largest absolute Gasteiger partial charge is 0.394 e. The molecule has 11 nitrogen and oxygen atoms in total. The van der Waals surface area contributed by atoms with Gasteiger partial charge in [0.15, 0.2) is 6.29 Å². The van der Waals surface area contributed by atoms with Crippen LogP contribution in [0.5, 0.6) is 0 Å². The molecule has 0 radical (unpaired) electrons. The summed E-state index contributed by atoms with van der Waals surface area (Å²) in [7, 11) is 0. The summed E-state index contributed by atoms with van der Waals surface area (Å²) < 4.78 is 15.4. The SMILES string of the molecule is OCC1O[C@H](O[C@]2(CO)O[C@H](CO)C(O)C2O)C(O)C(O)[C@H]1O. The number of hydrogen-bond acceptors (Lipinski definition) is 11. The first-order valence-corrected chi connectivity index (χ1v) is 7.05. The van der Waals surface area contributed by atoms with Crippen molar-refractivity contribution in [2.24, 2.45) is 0 Å². The summed E-state index contributed by atoms with van der Waals surface area (Å²) in [5.74, 6) is -2.22. The fourth-order valence-electron chi connectivity index (χ4n) is 2.63. The summed E-state index contributed by atoms with van der Waals surface area (Å²) in [6.45, 7) is -2.32. The summed E-state index contributed by atoms with van der Waals surface area (Å²) in [4.78, 5) is 0. The molecule has 0 aromatic carbocycles. The molecule has 2 fully saturated rings. The molecule has 0 aromatic rings. The van der Waals surface area contributed by atoms with Crippen molar-refractivity contribution in [3.05, 3.63) is 0 Å². The predicted molar refractivity (Wildman–Crippen MR) is 68.6 cm³/mol. The zero-order valence-corrected chi connectivity index (χ0v) is 12.0. The van der Waals surface area contributed by atoms with E-state index in [4.69, 9.17) is 24.4 Å². The molecule has 2 rings (SSSR count). The fourth-order valence-corrected chi connectivity index (χ4v) is 2.63. The summed E-state index contributed by atoms with van der Waals surface area (Å²) in [6.07, 6.45) is -12.7. The van der Waals surface area contributed by atoms with Crippen molar-refractivity contribution in [1.29, 1.82) is 0 Å². The van der Waals surface area contributed by atoms with Gasteiger partial charge in [-0.1, -0.05) is 0 Å². The van der Waals surface area contributed by atoms with Crippen LogP contribution in [0.25, 0.3) is 0 Å². The van der Waals surface area contributed by atoms with Crippen LogP contribution in [0.3, 0.4) is 0 Å². The van der Waals surface area contributed by atoms with Crippen molar-refractivity contribution in [3.8, 4) is 0 Å². The first-order chi connectivity index (χ1) is 10.8. The Morgan fingerprint density at radius 3 is 1.87 bits per heavy atom. The maximum absolute atomic E-state index is 10.00. The second kappa shape index (κ2) is 7.21. The molecular formula is C12H22O11. The lowest BCUT2D eigenvalue weighted by Crippen LogP contribution is -2.62. The van der Waals surface area contributed by atoms with Gasteiger partial charge < -0.3 is 55.1 Å². The van der Waals surface area contributed by atoms with E-state index in [0.29, 0.717) is 0 Å². The maximum Gasteiger partial charge on any atom is 0.224 e. The minimum atomic E-state index is -2.22. The molecule has 23 heavy (non-hydrogen) atoms. The van der Waals surface area contributed by atoms with E-state index >= 15 is 0 Å². The monoisotopic (exact) mass is 342 g/mol. The van der Waals surface area contributed by atoms with E-state index in [9.17, 15) is 30.6 Å². The van der Waals surface area contributed by atoms with Crippen LogP contribution in [0.4, 0.5) is 0 Å². The highest BCUT2D eigenvalue weighted by Gasteiger charge is 2.58. The summed E-state index contributed by atoms with van der Waals surface area (Å²) in [5, 5.41) is 76.7.